The lowest BCUT2D eigenvalue weighted by Gasteiger charge is -2.25. The van der Waals surface area contributed by atoms with E-state index >= 15 is 0 Å². The smallest absolute Gasteiger partial charge is 0.187 e. The lowest BCUT2D eigenvalue weighted by molar-refractivity contribution is 0.392. The zero-order valence-corrected chi connectivity index (χ0v) is 7.91. The fraction of sp³-hybridized carbons (Fsp3) is 0.273. The Morgan fingerprint density at radius 1 is 1.38 bits per heavy atom. The van der Waals surface area contributed by atoms with Crippen molar-refractivity contribution in [2.45, 2.75) is 13.3 Å². The Morgan fingerprint density at radius 3 is 2.92 bits per heavy atom. The topological polar surface area (TPSA) is 23.5 Å². The van der Waals surface area contributed by atoms with Gasteiger partial charge in [0.25, 0.3) is 0 Å². The van der Waals surface area contributed by atoms with Gasteiger partial charge in [0.15, 0.2) is 5.88 Å². The third-order valence-corrected chi connectivity index (χ3v) is 2.44. The molecule has 0 saturated heterocycles. The molecule has 1 aliphatic heterocycles. The average molecular weight is 175 g/mol. The number of fused-ring (bicyclic) bond motifs is 1. The summed E-state index contributed by atoms with van der Waals surface area (Å²) in [5.74, 6) is 0.344. The molecule has 1 N–H and O–H groups in total. The monoisotopic (exact) mass is 175 g/mol. The van der Waals surface area contributed by atoms with Gasteiger partial charge < -0.3 is 10.0 Å². The van der Waals surface area contributed by atoms with Crippen LogP contribution < -0.4 is 4.90 Å². The van der Waals surface area contributed by atoms with E-state index in [2.05, 4.69) is 19.1 Å². The van der Waals surface area contributed by atoms with Crippen LogP contribution in [0.4, 0.5) is 5.69 Å². The van der Waals surface area contributed by atoms with Gasteiger partial charge in [0.2, 0.25) is 0 Å². The molecule has 2 heteroatoms. The third-order valence-electron chi connectivity index (χ3n) is 2.44. The van der Waals surface area contributed by atoms with Crippen LogP contribution in [-0.2, 0) is 6.42 Å². The largest absolute Gasteiger partial charge is 0.495 e. The molecule has 2 rings (SSSR count). The van der Waals surface area contributed by atoms with Gasteiger partial charge in [0, 0.05) is 12.7 Å². The molecule has 1 aromatic rings. The molecule has 0 fully saturated rings. The summed E-state index contributed by atoms with van der Waals surface area (Å²) in [6.45, 7) is 2.08. The minimum absolute atomic E-state index is 0.344. The Labute approximate surface area is 78.1 Å². The first-order chi connectivity index (χ1) is 6.18. The Kier molecular flexibility index (Phi) is 1.76. The predicted octanol–water partition coefficient (Wildman–Crippen LogP) is 2.39. The van der Waals surface area contributed by atoms with Gasteiger partial charge >= 0.3 is 0 Å². The molecule has 0 atom stereocenters. The van der Waals surface area contributed by atoms with Crippen LogP contribution in [0, 0.1) is 6.92 Å². The van der Waals surface area contributed by atoms with Crippen molar-refractivity contribution in [1.82, 2.24) is 0 Å². The first kappa shape index (κ1) is 8.17. The summed E-state index contributed by atoms with van der Waals surface area (Å²) in [6.07, 6.45) is 2.66. The molecular formula is C11H13NO. The number of nitrogens with zero attached hydrogens (tertiary/aromatic N) is 1. The highest BCUT2D eigenvalue weighted by atomic mass is 16.3. The summed E-state index contributed by atoms with van der Waals surface area (Å²) in [5, 5.41) is 9.48. The number of hydrogen-bond donors (Lipinski definition) is 1. The standard InChI is InChI=1S/C11H13NO/c1-8-3-5-10-9(7-8)4-6-11(13)12(10)2/h3,5-7,13H,4H2,1-2H3. The quantitative estimate of drug-likeness (QED) is 0.654. The third kappa shape index (κ3) is 1.28. The molecule has 0 radical (unpaired) electrons. The van der Waals surface area contributed by atoms with E-state index in [1.165, 1.54) is 11.1 Å². The lowest BCUT2D eigenvalue weighted by Crippen LogP contribution is -2.21. The van der Waals surface area contributed by atoms with E-state index in [4.69, 9.17) is 0 Å². The van der Waals surface area contributed by atoms with Gasteiger partial charge in [0.05, 0.1) is 0 Å². The highest BCUT2D eigenvalue weighted by molar-refractivity contribution is 5.60. The van der Waals surface area contributed by atoms with E-state index in [9.17, 15) is 5.11 Å². The van der Waals surface area contributed by atoms with E-state index in [1.54, 1.807) is 4.90 Å². The van der Waals surface area contributed by atoms with E-state index in [-0.39, 0.29) is 0 Å². The molecule has 0 aliphatic carbocycles. The maximum atomic E-state index is 9.48. The van der Waals surface area contributed by atoms with E-state index in [0.717, 1.165) is 12.1 Å². The Morgan fingerprint density at radius 2 is 2.15 bits per heavy atom. The molecule has 1 heterocycles. The number of benzene rings is 1. The molecular weight excluding hydrogens is 162 g/mol. The second-order valence-electron chi connectivity index (χ2n) is 3.46. The van der Waals surface area contributed by atoms with Crippen molar-refractivity contribution < 1.29 is 5.11 Å². The summed E-state index contributed by atoms with van der Waals surface area (Å²) in [4.78, 5) is 1.80. The first-order valence-electron chi connectivity index (χ1n) is 4.41. The Bertz CT molecular complexity index is 368. The molecule has 0 unspecified atom stereocenters. The lowest BCUT2D eigenvalue weighted by atomic mass is 10.0. The van der Waals surface area contributed by atoms with Crippen molar-refractivity contribution in [3.05, 3.63) is 41.3 Å². The van der Waals surface area contributed by atoms with Crippen LogP contribution in [-0.4, -0.2) is 12.2 Å². The highest BCUT2D eigenvalue weighted by Gasteiger charge is 2.14. The summed E-state index contributed by atoms with van der Waals surface area (Å²) >= 11 is 0. The first-order valence-corrected chi connectivity index (χ1v) is 4.41. The maximum absolute atomic E-state index is 9.48. The number of anilines is 1. The van der Waals surface area contributed by atoms with Crippen molar-refractivity contribution in [2.75, 3.05) is 11.9 Å². The number of aliphatic hydroxyl groups excluding tert-OH is 1. The minimum atomic E-state index is 0.344. The number of aryl methyl sites for hydroxylation is 1. The van der Waals surface area contributed by atoms with Gasteiger partial charge in [-0.15, -0.1) is 0 Å². The van der Waals surface area contributed by atoms with Crippen molar-refractivity contribution in [3.63, 3.8) is 0 Å². The molecule has 0 aromatic heterocycles. The van der Waals surface area contributed by atoms with Crippen LogP contribution in [0.5, 0.6) is 0 Å². The second-order valence-corrected chi connectivity index (χ2v) is 3.46. The maximum Gasteiger partial charge on any atom is 0.187 e. The van der Waals surface area contributed by atoms with Gasteiger partial charge in [-0.2, -0.15) is 0 Å². The molecule has 1 aliphatic rings. The normalized spacial score (nSPS) is 15.2. The Balaban J connectivity index is 2.50. The summed E-state index contributed by atoms with van der Waals surface area (Å²) in [6, 6.07) is 6.27. The van der Waals surface area contributed by atoms with Gasteiger partial charge in [-0.1, -0.05) is 17.7 Å². The van der Waals surface area contributed by atoms with Crippen LogP contribution in [0.15, 0.2) is 30.2 Å². The SMILES string of the molecule is Cc1ccc2c(c1)CC=C(O)N2C. The van der Waals surface area contributed by atoms with Crippen LogP contribution in [0.1, 0.15) is 11.1 Å². The Hall–Kier alpha value is -1.44. The molecule has 0 bridgehead atoms. The van der Waals surface area contributed by atoms with Gasteiger partial charge in [-0.3, -0.25) is 0 Å². The molecule has 13 heavy (non-hydrogen) atoms. The summed E-state index contributed by atoms with van der Waals surface area (Å²) in [7, 11) is 1.87. The van der Waals surface area contributed by atoms with Gasteiger partial charge in [0.1, 0.15) is 0 Å². The fourth-order valence-corrected chi connectivity index (χ4v) is 1.67. The zero-order valence-electron chi connectivity index (χ0n) is 7.91. The second kappa shape index (κ2) is 2.80. The number of hydrogen-bond acceptors (Lipinski definition) is 2. The molecule has 1 aromatic carbocycles. The van der Waals surface area contributed by atoms with Gasteiger partial charge in [-0.25, -0.2) is 0 Å². The van der Waals surface area contributed by atoms with Crippen molar-refractivity contribution in [2.24, 2.45) is 0 Å². The van der Waals surface area contributed by atoms with E-state index < -0.39 is 0 Å². The van der Waals surface area contributed by atoms with E-state index in [1.807, 2.05) is 19.2 Å². The number of rotatable bonds is 0. The highest BCUT2D eigenvalue weighted by Crippen LogP contribution is 2.27. The van der Waals surface area contributed by atoms with Crippen molar-refractivity contribution in [3.8, 4) is 0 Å². The molecule has 68 valence electrons. The zero-order chi connectivity index (χ0) is 9.42. The fourth-order valence-electron chi connectivity index (χ4n) is 1.67. The molecule has 0 saturated carbocycles. The predicted molar refractivity (Wildman–Crippen MR) is 54.0 cm³/mol. The van der Waals surface area contributed by atoms with Crippen LogP contribution in [0.2, 0.25) is 0 Å². The average Bonchev–Trinajstić information content (AvgIpc) is 2.12. The summed E-state index contributed by atoms with van der Waals surface area (Å²) in [5.41, 5.74) is 3.65. The van der Waals surface area contributed by atoms with Crippen LogP contribution >= 0.6 is 0 Å². The number of allylic oxidation sites excluding steroid dienone is 1. The summed E-state index contributed by atoms with van der Waals surface area (Å²) < 4.78 is 0. The number of aliphatic hydroxyl groups is 1. The van der Waals surface area contributed by atoms with Crippen LogP contribution in [0.3, 0.4) is 0 Å². The van der Waals surface area contributed by atoms with Crippen LogP contribution in [0.25, 0.3) is 0 Å². The molecule has 0 amide bonds. The van der Waals surface area contributed by atoms with Crippen molar-refractivity contribution >= 4 is 5.69 Å². The molecule has 2 nitrogen and oxygen atoms in total. The van der Waals surface area contributed by atoms with Gasteiger partial charge in [-0.05, 0) is 31.1 Å². The minimum Gasteiger partial charge on any atom is -0.495 e. The van der Waals surface area contributed by atoms with Crippen molar-refractivity contribution in [1.29, 1.82) is 0 Å². The van der Waals surface area contributed by atoms with E-state index in [0.29, 0.717) is 5.88 Å². The molecule has 0 spiro atoms.